The van der Waals surface area contributed by atoms with E-state index in [0.717, 1.165) is 17.0 Å². The van der Waals surface area contributed by atoms with Gasteiger partial charge in [0.2, 0.25) is 5.91 Å². The number of anilines is 1. The number of sulfone groups is 1. The van der Waals surface area contributed by atoms with Crippen molar-refractivity contribution in [3.63, 3.8) is 0 Å². The fourth-order valence-corrected chi connectivity index (χ4v) is 6.07. The largest absolute Gasteiger partial charge is 0.497 e. The molecule has 2 amide bonds. The SMILES string of the molecule is COc1ccc(S(=O)(=O)CCC(=O)Nc2sc3c(c2C(N)=O)CCN(C(C)C)C3)cc1. The fraction of sp³-hybridized carbons (Fsp3) is 0.429. The van der Waals surface area contributed by atoms with E-state index in [1.54, 1.807) is 12.1 Å². The summed E-state index contributed by atoms with van der Waals surface area (Å²) < 4.78 is 30.1. The highest BCUT2D eigenvalue weighted by molar-refractivity contribution is 7.91. The normalized spacial score (nSPS) is 14.3. The van der Waals surface area contributed by atoms with E-state index < -0.39 is 21.7 Å². The highest BCUT2D eigenvalue weighted by Gasteiger charge is 2.28. The molecule has 1 aliphatic heterocycles. The summed E-state index contributed by atoms with van der Waals surface area (Å²) in [7, 11) is -2.13. The van der Waals surface area contributed by atoms with Crippen LogP contribution in [0.5, 0.6) is 5.75 Å². The van der Waals surface area contributed by atoms with E-state index in [9.17, 15) is 18.0 Å². The van der Waals surface area contributed by atoms with Crippen LogP contribution in [0.1, 0.15) is 41.1 Å². The first-order valence-electron chi connectivity index (χ1n) is 9.97. The predicted octanol–water partition coefficient (Wildman–Crippen LogP) is 2.42. The Hall–Kier alpha value is -2.43. The predicted molar refractivity (Wildman–Crippen MR) is 120 cm³/mol. The van der Waals surface area contributed by atoms with E-state index in [2.05, 4.69) is 24.1 Å². The van der Waals surface area contributed by atoms with Crippen molar-refractivity contribution in [2.45, 2.75) is 44.2 Å². The van der Waals surface area contributed by atoms with Crippen LogP contribution in [-0.2, 0) is 27.6 Å². The number of methoxy groups -OCH3 is 1. The minimum atomic E-state index is -3.63. The van der Waals surface area contributed by atoms with Gasteiger partial charge in [-0.3, -0.25) is 14.5 Å². The van der Waals surface area contributed by atoms with Crippen molar-refractivity contribution < 1.29 is 22.7 Å². The van der Waals surface area contributed by atoms with Gasteiger partial charge in [0.25, 0.3) is 5.91 Å². The van der Waals surface area contributed by atoms with Gasteiger partial charge in [0.15, 0.2) is 9.84 Å². The first-order chi connectivity index (χ1) is 14.6. The van der Waals surface area contributed by atoms with Crippen molar-refractivity contribution >= 4 is 38.0 Å². The summed E-state index contributed by atoms with van der Waals surface area (Å²) in [6.07, 6.45) is 0.456. The maximum atomic E-state index is 12.5. The molecule has 0 unspecified atom stereocenters. The van der Waals surface area contributed by atoms with Crippen LogP contribution in [0.25, 0.3) is 0 Å². The first-order valence-corrected chi connectivity index (χ1v) is 12.4. The van der Waals surface area contributed by atoms with Gasteiger partial charge in [0.1, 0.15) is 10.8 Å². The lowest BCUT2D eigenvalue weighted by Crippen LogP contribution is -2.35. The molecule has 0 spiro atoms. The molecule has 0 aliphatic carbocycles. The number of rotatable bonds is 8. The third-order valence-corrected chi connectivity index (χ3v) is 8.20. The fourth-order valence-electron chi connectivity index (χ4n) is 3.53. The number of carbonyl (C=O) groups excluding carboxylic acids is 2. The second-order valence-electron chi connectivity index (χ2n) is 7.68. The molecule has 2 aromatic rings. The quantitative estimate of drug-likeness (QED) is 0.618. The summed E-state index contributed by atoms with van der Waals surface area (Å²) in [5.74, 6) is -0.854. The monoisotopic (exact) mass is 465 g/mol. The van der Waals surface area contributed by atoms with Crippen molar-refractivity contribution in [3.8, 4) is 5.75 Å². The third kappa shape index (κ3) is 5.25. The lowest BCUT2D eigenvalue weighted by atomic mass is 10.0. The summed E-state index contributed by atoms with van der Waals surface area (Å²) >= 11 is 1.34. The van der Waals surface area contributed by atoms with Gasteiger partial charge in [-0.15, -0.1) is 11.3 Å². The van der Waals surface area contributed by atoms with Crippen LogP contribution in [0.2, 0.25) is 0 Å². The second kappa shape index (κ2) is 9.37. The number of hydrogen-bond donors (Lipinski definition) is 2. The molecule has 0 radical (unpaired) electrons. The molecule has 1 aliphatic rings. The molecule has 8 nitrogen and oxygen atoms in total. The number of carbonyl (C=O) groups is 2. The number of nitrogens with one attached hydrogen (secondary N) is 1. The van der Waals surface area contributed by atoms with Gasteiger partial charge in [-0.2, -0.15) is 0 Å². The van der Waals surface area contributed by atoms with Crippen molar-refractivity contribution in [1.29, 1.82) is 0 Å². The maximum absolute atomic E-state index is 12.5. The molecule has 3 rings (SSSR count). The Morgan fingerprint density at radius 3 is 2.52 bits per heavy atom. The molecule has 0 atom stereocenters. The number of fused-ring (bicyclic) bond motifs is 1. The lowest BCUT2D eigenvalue weighted by molar-refractivity contribution is -0.115. The van der Waals surface area contributed by atoms with Crippen LogP contribution in [0.4, 0.5) is 5.00 Å². The zero-order valence-electron chi connectivity index (χ0n) is 17.8. The summed E-state index contributed by atoms with van der Waals surface area (Å²) in [4.78, 5) is 28.0. The van der Waals surface area contributed by atoms with Crippen LogP contribution in [0.15, 0.2) is 29.2 Å². The second-order valence-corrected chi connectivity index (χ2v) is 10.9. The van der Waals surface area contributed by atoms with Gasteiger partial charge in [-0.25, -0.2) is 8.42 Å². The van der Waals surface area contributed by atoms with Gasteiger partial charge in [0, 0.05) is 30.4 Å². The van der Waals surface area contributed by atoms with E-state index in [0.29, 0.717) is 35.3 Å². The number of ether oxygens (including phenoxy) is 1. The Morgan fingerprint density at radius 2 is 1.94 bits per heavy atom. The molecule has 0 bridgehead atoms. The van der Waals surface area contributed by atoms with Crippen molar-refractivity contribution in [2.24, 2.45) is 5.73 Å². The Balaban J connectivity index is 1.71. The number of nitrogens with two attached hydrogens (primary N) is 1. The third-order valence-electron chi connectivity index (χ3n) is 5.33. The molecule has 3 N–H and O–H groups in total. The van der Waals surface area contributed by atoms with Gasteiger partial charge in [-0.1, -0.05) is 0 Å². The van der Waals surface area contributed by atoms with Crippen LogP contribution in [0.3, 0.4) is 0 Å². The molecule has 0 saturated heterocycles. The zero-order valence-corrected chi connectivity index (χ0v) is 19.4. The summed E-state index contributed by atoms with van der Waals surface area (Å²) in [6.45, 7) is 5.73. The smallest absolute Gasteiger partial charge is 0.251 e. The van der Waals surface area contributed by atoms with E-state index in [4.69, 9.17) is 10.5 Å². The van der Waals surface area contributed by atoms with Gasteiger partial charge in [-0.05, 0) is 50.1 Å². The molecular formula is C21H27N3O5S2. The molecule has 168 valence electrons. The maximum Gasteiger partial charge on any atom is 0.251 e. The average molecular weight is 466 g/mol. The van der Waals surface area contributed by atoms with Gasteiger partial charge >= 0.3 is 0 Å². The van der Waals surface area contributed by atoms with Crippen LogP contribution < -0.4 is 15.8 Å². The molecule has 1 aromatic carbocycles. The molecule has 31 heavy (non-hydrogen) atoms. The van der Waals surface area contributed by atoms with Crippen molar-refractivity contribution in [2.75, 3.05) is 24.7 Å². The zero-order chi connectivity index (χ0) is 22.8. The molecule has 0 saturated carbocycles. The highest BCUT2D eigenvalue weighted by Crippen LogP contribution is 2.37. The summed E-state index contributed by atoms with van der Waals surface area (Å²) in [5, 5.41) is 3.11. The number of nitrogens with zero attached hydrogens (tertiary/aromatic N) is 1. The van der Waals surface area contributed by atoms with E-state index in [1.807, 2.05) is 0 Å². The first kappa shape index (κ1) is 23.2. The number of hydrogen-bond acceptors (Lipinski definition) is 7. The number of amides is 2. The van der Waals surface area contributed by atoms with E-state index in [-0.39, 0.29) is 17.1 Å². The standard InChI is InChI=1S/C21H27N3O5S2/c1-13(2)24-10-8-16-17(12-24)30-21(19(16)20(22)26)23-18(25)9-11-31(27,28)15-6-4-14(29-3)5-7-15/h4-7,13H,8-12H2,1-3H3,(H2,22,26)(H,23,25). The highest BCUT2D eigenvalue weighted by atomic mass is 32.2. The topological polar surface area (TPSA) is 119 Å². The van der Waals surface area contributed by atoms with Gasteiger partial charge in [0.05, 0.1) is 23.3 Å². The summed E-state index contributed by atoms with van der Waals surface area (Å²) in [6, 6.07) is 6.38. The van der Waals surface area contributed by atoms with Crippen LogP contribution in [-0.4, -0.2) is 50.6 Å². The molecule has 10 heteroatoms. The molecular weight excluding hydrogens is 438 g/mol. The summed E-state index contributed by atoms with van der Waals surface area (Å²) in [5.41, 5.74) is 6.82. The minimum absolute atomic E-state index is 0.124. The van der Waals surface area contributed by atoms with E-state index in [1.165, 1.54) is 30.6 Å². The Labute approximate surface area is 186 Å². The van der Waals surface area contributed by atoms with Crippen molar-refractivity contribution in [1.82, 2.24) is 4.90 Å². The Bertz CT molecular complexity index is 1080. The number of thiophene rings is 1. The van der Waals surface area contributed by atoms with Gasteiger partial charge < -0.3 is 15.8 Å². The van der Waals surface area contributed by atoms with Crippen LogP contribution in [0, 0.1) is 0 Å². The Kier molecular flexibility index (Phi) is 7.03. The lowest BCUT2D eigenvalue weighted by Gasteiger charge is -2.30. The molecule has 1 aromatic heterocycles. The molecule has 0 fully saturated rings. The van der Waals surface area contributed by atoms with Crippen molar-refractivity contribution in [3.05, 3.63) is 40.3 Å². The molecule has 2 heterocycles. The van der Waals surface area contributed by atoms with E-state index >= 15 is 0 Å². The number of primary amides is 1. The average Bonchev–Trinajstić information content (AvgIpc) is 3.09. The van der Waals surface area contributed by atoms with Crippen LogP contribution >= 0.6 is 11.3 Å². The Morgan fingerprint density at radius 1 is 1.26 bits per heavy atom. The number of benzene rings is 1. The minimum Gasteiger partial charge on any atom is -0.497 e.